The lowest BCUT2D eigenvalue weighted by atomic mass is 9.89. The lowest BCUT2D eigenvalue weighted by molar-refractivity contribution is 0.914. The van der Waals surface area contributed by atoms with Gasteiger partial charge in [0.25, 0.3) is 5.56 Å². The lowest BCUT2D eigenvalue weighted by Gasteiger charge is -2.20. The van der Waals surface area contributed by atoms with Gasteiger partial charge in [-0.05, 0) is 44.2 Å². The van der Waals surface area contributed by atoms with E-state index in [2.05, 4.69) is 12.1 Å². The molecule has 0 fully saturated rings. The monoisotopic (exact) mass is 422 g/mol. The Morgan fingerprint density at radius 3 is 2.29 bits per heavy atom. The van der Waals surface area contributed by atoms with Crippen molar-refractivity contribution in [2.24, 2.45) is 5.73 Å². The van der Waals surface area contributed by atoms with Crippen molar-refractivity contribution in [1.82, 2.24) is 4.57 Å². The first-order valence-corrected chi connectivity index (χ1v) is 10.8. The molecule has 0 aromatic carbocycles. The average molecular weight is 423 g/mol. The number of nitriles is 2. The van der Waals surface area contributed by atoms with E-state index >= 15 is 0 Å². The first kappa shape index (κ1) is 18.5. The molecule has 4 heterocycles. The van der Waals surface area contributed by atoms with E-state index in [0.29, 0.717) is 14.8 Å². The first-order valence-electron chi connectivity index (χ1n) is 8.35. The van der Waals surface area contributed by atoms with Crippen LogP contribution in [0.5, 0.6) is 0 Å². The van der Waals surface area contributed by atoms with Crippen molar-refractivity contribution >= 4 is 51.5 Å². The molecule has 5 nitrogen and oxygen atoms in total. The van der Waals surface area contributed by atoms with Gasteiger partial charge in [-0.15, -0.1) is 34.0 Å². The summed E-state index contributed by atoms with van der Waals surface area (Å²) in [5.74, 6) is -0.431. The predicted octanol–water partition coefficient (Wildman–Crippen LogP) is 2.60. The van der Waals surface area contributed by atoms with E-state index in [0.717, 1.165) is 19.5 Å². The van der Waals surface area contributed by atoms with Crippen LogP contribution in [-0.4, -0.2) is 4.57 Å². The normalized spacial score (nSPS) is 16.8. The summed E-state index contributed by atoms with van der Waals surface area (Å²) in [6.45, 7) is 3.97. The zero-order chi connectivity index (χ0) is 20.0. The number of hydrogen-bond acceptors (Lipinski definition) is 7. The summed E-state index contributed by atoms with van der Waals surface area (Å²) in [7, 11) is 0. The highest BCUT2D eigenvalue weighted by atomic mass is 32.1. The number of rotatable bonds is 2. The van der Waals surface area contributed by atoms with Gasteiger partial charge < -0.3 is 5.73 Å². The second-order valence-corrected chi connectivity index (χ2v) is 9.99. The van der Waals surface area contributed by atoms with Crippen molar-refractivity contribution in [3.8, 4) is 12.1 Å². The molecule has 8 heteroatoms. The number of fused-ring (bicyclic) bond motifs is 1. The van der Waals surface area contributed by atoms with Crippen molar-refractivity contribution in [3.63, 3.8) is 0 Å². The zero-order valence-electron chi connectivity index (χ0n) is 15.0. The smallest absolute Gasteiger partial charge is 0.274 e. The standard InChI is InChI=1S/C20H14N4OS3/c1-10-3-5-12(26-10)7-16-19(25)24-18(23)13(8-21)17(14(9-22)20(24)28-16)15-6-4-11(2)27-15/h3-7,17H,23H2,1-2H3/b16-7-/t17-/m1/s1. The fraction of sp³-hybridized carbons (Fsp3) is 0.150. The molecule has 0 amide bonds. The second kappa shape index (κ2) is 6.92. The summed E-state index contributed by atoms with van der Waals surface area (Å²) in [5.41, 5.74) is 6.59. The molecule has 0 saturated carbocycles. The number of nitrogens with two attached hydrogens (primary N) is 1. The Bertz CT molecular complexity index is 1400. The second-order valence-electron chi connectivity index (χ2n) is 6.32. The zero-order valence-corrected chi connectivity index (χ0v) is 17.5. The first-order chi connectivity index (χ1) is 13.4. The third kappa shape index (κ3) is 2.83. The molecule has 4 rings (SSSR count). The molecule has 0 saturated heterocycles. The Hall–Kier alpha value is -2.91. The fourth-order valence-corrected chi connectivity index (χ4v) is 6.22. The predicted molar refractivity (Wildman–Crippen MR) is 114 cm³/mol. The molecule has 138 valence electrons. The molecule has 0 radical (unpaired) electrons. The van der Waals surface area contributed by atoms with E-state index in [1.54, 1.807) is 11.3 Å². The van der Waals surface area contributed by atoms with Crippen LogP contribution in [0.15, 0.2) is 34.6 Å². The maximum atomic E-state index is 13.0. The van der Waals surface area contributed by atoms with Gasteiger partial charge in [0.05, 0.1) is 33.7 Å². The van der Waals surface area contributed by atoms with E-state index in [9.17, 15) is 15.3 Å². The summed E-state index contributed by atoms with van der Waals surface area (Å²) >= 11 is 4.35. The molecule has 0 spiro atoms. The molecule has 3 aromatic rings. The van der Waals surface area contributed by atoms with E-state index in [4.69, 9.17) is 5.73 Å². The summed E-state index contributed by atoms with van der Waals surface area (Å²) < 4.78 is 2.30. The van der Waals surface area contributed by atoms with E-state index in [-0.39, 0.29) is 17.0 Å². The number of hydrogen-bond donors (Lipinski definition) is 1. The highest BCUT2D eigenvalue weighted by Gasteiger charge is 2.32. The SMILES string of the molecule is Cc1ccc(/C=c2\sc3n(c2=O)C(N)=C(C#N)[C@@H](c2ccc(C)s2)C=3C#N)s1. The Morgan fingerprint density at radius 2 is 1.71 bits per heavy atom. The Kier molecular flexibility index (Phi) is 4.56. The van der Waals surface area contributed by atoms with Crippen LogP contribution in [0.3, 0.4) is 0 Å². The Labute approximate surface area is 172 Å². The quantitative estimate of drug-likeness (QED) is 0.687. The van der Waals surface area contributed by atoms with Crippen LogP contribution in [0.1, 0.15) is 25.4 Å². The molecule has 0 aliphatic carbocycles. The van der Waals surface area contributed by atoms with Crippen LogP contribution >= 0.6 is 34.0 Å². The average Bonchev–Trinajstić information content (AvgIpc) is 3.35. The number of aryl methyl sites for hydroxylation is 2. The molecule has 1 aliphatic heterocycles. The van der Waals surface area contributed by atoms with Crippen molar-refractivity contribution < 1.29 is 0 Å². The lowest BCUT2D eigenvalue weighted by Crippen LogP contribution is -2.38. The molecule has 2 N–H and O–H groups in total. The molecule has 1 atom stereocenters. The van der Waals surface area contributed by atoms with Gasteiger partial charge in [-0.2, -0.15) is 10.5 Å². The van der Waals surface area contributed by atoms with Gasteiger partial charge in [-0.1, -0.05) is 0 Å². The topological polar surface area (TPSA) is 95.6 Å². The largest absolute Gasteiger partial charge is 0.384 e. The number of thiazole rings is 1. The summed E-state index contributed by atoms with van der Waals surface area (Å²) in [6, 6.07) is 12.2. The van der Waals surface area contributed by atoms with Gasteiger partial charge >= 0.3 is 0 Å². The summed E-state index contributed by atoms with van der Waals surface area (Å²) in [6.07, 6.45) is 1.81. The van der Waals surface area contributed by atoms with E-state index < -0.39 is 5.92 Å². The van der Waals surface area contributed by atoms with Gasteiger partial charge in [-0.3, -0.25) is 9.36 Å². The molecule has 0 bridgehead atoms. The minimum atomic E-state index is -0.538. The highest BCUT2D eigenvalue weighted by molar-refractivity contribution is 7.13. The third-order valence-corrected chi connectivity index (χ3v) is 7.59. The van der Waals surface area contributed by atoms with Gasteiger partial charge in [0.15, 0.2) is 0 Å². The summed E-state index contributed by atoms with van der Waals surface area (Å²) in [5, 5.41) is 19.6. The van der Waals surface area contributed by atoms with Gasteiger partial charge in [0.1, 0.15) is 10.5 Å². The fourth-order valence-electron chi connectivity index (χ4n) is 3.20. The number of nitrogens with zero attached hydrogens (tertiary/aromatic N) is 3. The van der Waals surface area contributed by atoms with Crippen molar-refractivity contribution in [3.05, 3.63) is 68.9 Å². The van der Waals surface area contributed by atoms with Crippen molar-refractivity contribution in [2.75, 3.05) is 0 Å². The van der Waals surface area contributed by atoms with E-state index in [1.165, 1.54) is 27.2 Å². The summed E-state index contributed by atoms with van der Waals surface area (Å²) in [4.78, 5) is 17.1. The minimum absolute atomic E-state index is 0.107. The molecule has 3 aromatic heterocycles. The Balaban J connectivity index is 2.07. The molecule has 28 heavy (non-hydrogen) atoms. The highest BCUT2D eigenvalue weighted by Crippen LogP contribution is 2.38. The van der Waals surface area contributed by atoms with Crippen LogP contribution in [0.2, 0.25) is 0 Å². The molecular formula is C20H14N4OS3. The molecule has 1 aliphatic rings. The van der Waals surface area contributed by atoms with Crippen LogP contribution in [-0.2, 0) is 0 Å². The number of aromatic nitrogens is 1. The maximum Gasteiger partial charge on any atom is 0.274 e. The van der Waals surface area contributed by atoms with Gasteiger partial charge in [0, 0.05) is 19.5 Å². The Morgan fingerprint density at radius 1 is 1.04 bits per heavy atom. The number of allylic oxidation sites excluding steroid dienone is 1. The molecule has 0 unspecified atom stereocenters. The van der Waals surface area contributed by atoms with E-state index in [1.807, 2.05) is 44.2 Å². The van der Waals surface area contributed by atoms with Crippen LogP contribution < -0.4 is 20.5 Å². The minimum Gasteiger partial charge on any atom is -0.384 e. The van der Waals surface area contributed by atoms with Gasteiger partial charge in [0.2, 0.25) is 0 Å². The van der Waals surface area contributed by atoms with Crippen molar-refractivity contribution in [2.45, 2.75) is 19.8 Å². The maximum absolute atomic E-state index is 13.0. The van der Waals surface area contributed by atoms with Crippen LogP contribution in [0.25, 0.3) is 17.5 Å². The van der Waals surface area contributed by atoms with Crippen molar-refractivity contribution in [1.29, 1.82) is 10.5 Å². The third-order valence-electron chi connectivity index (χ3n) is 4.47. The van der Waals surface area contributed by atoms with Gasteiger partial charge in [-0.25, -0.2) is 0 Å². The molecular weight excluding hydrogens is 408 g/mol. The number of thiophene rings is 2. The van der Waals surface area contributed by atoms with Crippen LogP contribution in [0, 0.1) is 36.5 Å². The van der Waals surface area contributed by atoms with Crippen LogP contribution in [0.4, 0.5) is 0 Å².